The van der Waals surface area contributed by atoms with Crippen LogP contribution >= 0.6 is 23.8 Å². The van der Waals surface area contributed by atoms with E-state index in [-0.39, 0.29) is 10.7 Å². The Kier molecular flexibility index (Phi) is 4.70. The summed E-state index contributed by atoms with van der Waals surface area (Å²) in [6, 6.07) is 12.4. The molecule has 2 amide bonds. The van der Waals surface area contributed by atoms with E-state index in [1.165, 1.54) is 4.90 Å². The van der Waals surface area contributed by atoms with Crippen LogP contribution in [0.15, 0.2) is 48.0 Å². The number of benzene rings is 2. The number of rotatable bonds is 2. The Labute approximate surface area is 156 Å². The average molecular weight is 371 g/mol. The SMILES string of the molecule is Cc1cccc(/C=C2/C(=O)NC(=S)N(c3ccc(Cl)cc3)C2=O)c1C. The Bertz CT molecular complexity index is 920. The van der Waals surface area contributed by atoms with Crippen LogP contribution in [0.1, 0.15) is 16.7 Å². The molecule has 25 heavy (non-hydrogen) atoms. The fraction of sp³-hybridized carbons (Fsp3) is 0.105. The fourth-order valence-corrected chi connectivity index (χ4v) is 2.97. The third-order valence-corrected chi connectivity index (χ3v) is 4.67. The lowest BCUT2D eigenvalue weighted by Gasteiger charge is -2.29. The molecule has 1 saturated heterocycles. The van der Waals surface area contributed by atoms with Gasteiger partial charge >= 0.3 is 0 Å². The highest BCUT2D eigenvalue weighted by Crippen LogP contribution is 2.24. The number of nitrogens with one attached hydrogen (secondary N) is 1. The Morgan fingerprint density at radius 3 is 2.44 bits per heavy atom. The molecule has 2 aromatic carbocycles. The second-order valence-corrected chi connectivity index (χ2v) is 6.55. The second kappa shape index (κ2) is 6.78. The van der Waals surface area contributed by atoms with Crippen molar-refractivity contribution >= 4 is 52.5 Å². The maximum Gasteiger partial charge on any atom is 0.270 e. The standard InChI is InChI=1S/C19H15ClN2O2S/c1-11-4-3-5-13(12(11)2)10-16-17(23)21-19(25)22(18(16)24)15-8-6-14(20)7-9-15/h3-10H,1-2H3,(H,21,23,25)/b16-10-. The summed E-state index contributed by atoms with van der Waals surface area (Å²) in [4.78, 5) is 26.5. The normalized spacial score (nSPS) is 16.4. The van der Waals surface area contributed by atoms with Gasteiger partial charge in [0.05, 0.1) is 5.69 Å². The van der Waals surface area contributed by atoms with Crippen molar-refractivity contribution in [2.24, 2.45) is 0 Å². The molecule has 4 nitrogen and oxygen atoms in total. The highest BCUT2D eigenvalue weighted by atomic mass is 35.5. The van der Waals surface area contributed by atoms with E-state index in [0.717, 1.165) is 16.7 Å². The van der Waals surface area contributed by atoms with Crippen LogP contribution in [0.2, 0.25) is 5.02 Å². The first-order valence-electron chi connectivity index (χ1n) is 7.61. The van der Waals surface area contributed by atoms with Crippen molar-refractivity contribution in [2.75, 3.05) is 4.90 Å². The van der Waals surface area contributed by atoms with Gasteiger partial charge in [-0.05, 0) is 73.1 Å². The molecule has 1 fully saturated rings. The van der Waals surface area contributed by atoms with Crippen molar-refractivity contribution in [1.82, 2.24) is 5.32 Å². The molecule has 1 heterocycles. The summed E-state index contributed by atoms with van der Waals surface area (Å²) in [5.41, 5.74) is 3.51. The van der Waals surface area contributed by atoms with Crippen molar-refractivity contribution < 1.29 is 9.59 Å². The van der Waals surface area contributed by atoms with E-state index in [2.05, 4.69) is 5.32 Å². The van der Waals surface area contributed by atoms with E-state index in [0.29, 0.717) is 10.7 Å². The zero-order chi connectivity index (χ0) is 18.1. The molecule has 0 bridgehead atoms. The molecule has 1 aliphatic rings. The van der Waals surface area contributed by atoms with Gasteiger partial charge in [-0.25, -0.2) is 0 Å². The number of hydrogen-bond donors (Lipinski definition) is 1. The monoisotopic (exact) mass is 370 g/mol. The van der Waals surface area contributed by atoms with Crippen LogP contribution < -0.4 is 10.2 Å². The molecule has 126 valence electrons. The summed E-state index contributed by atoms with van der Waals surface area (Å²) in [5, 5.41) is 3.18. The number of halogens is 1. The highest BCUT2D eigenvalue weighted by Gasteiger charge is 2.34. The van der Waals surface area contributed by atoms with E-state index in [9.17, 15) is 9.59 Å². The van der Waals surface area contributed by atoms with Crippen LogP contribution in [0.5, 0.6) is 0 Å². The van der Waals surface area contributed by atoms with Crippen molar-refractivity contribution in [1.29, 1.82) is 0 Å². The Hall–Kier alpha value is -2.50. The van der Waals surface area contributed by atoms with Gasteiger partial charge in [0.1, 0.15) is 5.57 Å². The molecule has 1 N–H and O–H groups in total. The lowest BCUT2D eigenvalue weighted by Crippen LogP contribution is -2.54. The zero-order valence-corrected chi connectivity index (χ0v) is 15.2. The zero-order valence-electron chi connectivity index (χ0n) is 13.7. The second-order valence-electron chi connectivity index (χ2n) is 5.72. The maximum absolute atomic E-state index is 12.9. The smallest absolute Gasteiger partial charge is 0.270 e. The minimum Gasteiger partial charge on any atom is -0.298 e. The van der Waals surface area contributed by atoms with Crippen LogP contribution in [0.25, 0.3) is 6.08 Å². The Morgan fingerprint density at radius 1 is 1.08 bits per heavy atom. The third-order valence-electron chi connectivity index (χ3n) is 4.13. The van der Waals surface area contributed by atoms with Gasteiger partial charge in [-0.3, -0.25) is 19.8 Å². The predicted octanol–water partition coefficient (Wildman–Crippen LogP) is 3.79. The van der Waals surface area contributed by atoms with Crippen LogP contribution in [0, 0.1) is 13.8 Å². The summed E-state index contributed by atoms with van der Waals surface area (Å²) in [6.45, 7) is 3.93. The molecular formula is C19H15ClN2O2S. The van der Waals surface area contributed by atoms with Crippen LogP contribution in [0.3, 0.4) is 0 Å². The Balaban J connectivity index is 2.05. The molecule has 2 aromatic rings. The van der Waals surface area contributed by atoms with Gasteiger partial charge in [-0.1, -0.05) is 29.8 Å². The summed E-state index contributed by atoms with van der Waals surface area (Å²) >= 11 is 11.1. The van der Waals surface area contributed by atoms with Gasteiger partial charge in [0, 0.05) is 5.02 Å². The number of hydrogen-bond acceptors (Lipinski definition) is 3. The molecule has 0 atom stereocenters. The number of carbonyl (C=O) groups is 2. The van der Waals surface area contributed by atoms with Gasteiger partial charge in [0.2, 0.25) is 0 Å². The molecule has 0 saturated carbocycles. The largest absolute Gasteiger partial charge is 0.298 e. The summed E-state index contributed by atoms with van der Waals surface area (Å²) in [7, 11) is 0. The summed E-state index contributed by atoms with van der Waals surface area (Å²) in [6.07, 6.45) is 1.60. The highest BCUT2D eigenvalue weighted by molar-refractivity contribution is 7.80. The molecule has 1 aliphatic heterocycles. The third kappa shape index (κ3) is 3.34. The number of amides is 2. The fourth-order valence-electron chi connectivity index (χ4n) is 2.57. The molecule has 0 aromatic heterocycles. The van der Waals surface area contributed by atoms with E-state index < -0.39 is 11.8 Å². The first kappa shape index (κ1) is 17.3. The van der Waals surface area contributed by atoms with E-state index in [4.69, 9.17) is 23.8 Å². The minimum atomic E-state index is -0.499. The molecule has 0 radical (unpaired) electrons. The van der Waals surface area contributed by atoms with Crippen LogP contribution in [-0.2, 0) is 9.59 Å². The van der Waals surface area contributed by atoms with Crippen LogP contribution in [-0.4, -0.2) is 16.9 Å². The number of carbonyl (C=O) groups excluding carboxylic acids is 2. The average Bonchev–Trinajstić information content (AvgIpc) is 2.56. The van der Waals surface area contributed by atoms with Crippen molar-refractivity contribution in [3.63, 3.8) is 0 Å². The first-order valence-corrected chi connectivity index (χ1v) is 8.40. The molecule has 6 heteroatoms. The van der Waals surface area contributed by atoms with Crippen molar-refractivity contribution in [3.05, 3.63) is 69.8 Å². The van der Waals surface area contributed by atoms with E-state index >= 15 is 0 Å². The van der Waals surface area contributed by atoms with E-state index in [1.54, 1.807) is 30.3 Å². The number of aryl methyl sites for hydroxylation is 1. The lowest BCUT2D eigenvalue weighted by molar-refractivity contribution is -0.122. The predicted molar refractivity (Wildman–Crippen MR) is 104 cm³/mol. The molecule has 3 rings (SSSR count). The molecule has 0 spiro atoms. The summed E-state index contributed by atoms with van der Waals surface area (Å²) in [5.74, 6) is -0.960. The maximum atomic E-state index is 12.9. The van der Waals surface area contributed by atoms with Crippen molar-refractivity contribution in [3.8, 4) is 0 Å². The quantitative estimate of drug-likeness (QED) is 0.497. The minimum absolute atomic E-state index is 0.0391. The van der Waals surface area contributed by atoms with E-state index in [1.807, 2.05) is 32.0 Å². The molecular weight excluding hydrogens is 356 g/mol. The van der Waals surface area contributed by atoms with Gasteiger partial charge in [0.25, 0.3) is 11.8 Å². The van der Waals surface area contributed by atoms with Crippen molar-refractivity contribution in [2.45, 2.75) is 13.8 Å². The lowest BCUT2D eigenvalue weighted by atomic mass is 10.00. The molecule has 0 unspecified atom stereocenters. The van der Waals surface area contributed by atoms with Gasteiger partial charge < -0.3 is 0 Å². The molecule has 0 aliphatic carbocycles. The van der Waals surface area contributed by atoms with Crippen LogP contribution in [0.4, 0.5) is 5.69 Å². The van der Waals surface area contributed by atoms with Gasteiger partial charge in [-0.15, -0.1) is 0 Å². The Morgan fingerprint density at radius 2 is 1.76 bits per heavy atom. The van der Waals surface area contributed by atoms with Gasteiger partial charge in [-0.2, -0.15) is 0 Å². The number of nitrogens with zero attached hydrogens (tertiary/aromatic N) is 1. The summed E-state index contributed by atoms with van der Waals surface area (Å²) < 4.78 is 0. The van der Waals surface area contributed by atoms with Gasteiger partial charge in [0.15, 0.2) is 5.11 Å². The first-order chi connectivity index (χ1) is 11.9. The number of thiocarbonyl (C=S) groups is 1. The topological polar surface area (TPSA) is 49.4 Å². The number of anilines is 1.